The van der Waals surface area contributed by atoms with Crippen molar-refractivity contribution in [2.75, 3.05) is 20.2 Å². The molecule has 2 N–H and O–H groups in total. The van der Waals surface area contributed by atoms with Crippen LogP contribution in [0.15, 0.2) is 18.2 Å². The molecule has 0 radical (unpaired) electrons. The minimum Gasteiger partial charge on any atom is -0.497 e. The topological polar surface area (TPSA) is 59.6 Å². The third-order valence-corrected chi connectivity index (χ3v) is 6.04. The van der Waals surface area contributed by atoms with Gasteiger partial charge in [-0.15, -0.1) is 0 Å². The van der Waals surface area contributed by atoms with Crippen molar-refractivity contribution in [1.82, 2.24) is 10.6 Å². The van der Waals surface area contributed by atoms with Crippen LogP contribution in [0.25, 0.3) is 0 Å². The molecule has 1 amide bonds. The number of benzene rings is 1. The molecule has 0 bridgehead atoms. The molecule has 1 atom stereocenters. The number of carbonyl (C=O) groups is 1. The van der Waals surface area contributed by atoms with Gasteiger partial charge in [0.1, 0.15) is 11.5 Å². The Balaban J connectivity index is 1.54. The number of hydrogen-bond donors (Lipinski definition) is 2. The lowest BCUT2D eigenvalue weighted by Gasteiger charge is -2.28. The van der Waals surface area contributed by atoms with Crippen LogP contribution in [0.1, 0.15) is 57.4 Å². The molecule has 3 rings (SSSR count). The zero-order valence-electron chi connectivity index (χ0n) is 16.8. The van der Waals surface area contributed by atoms with Crippen LogP contribution in [0.4, 0.5) is 0 Å². The van der Waals surface area contributed by atoms with Gasteiger partial charge in [-0.3, -0.25) is 4.79 Å². The highest BCUT2D eigenvalue weighted by molar-refractivity contribution is 5.76. The van der Waals surface area contributed by atoms with E-state index in [1.807, 2.05) is 18.2 Å². The lowest BCUT2D eigenvalue weighted by atomic mass is 9.84. The van der Waals surface area contributed by atoms with Crippen LogP contribution >= 0.6 is 0 Å². The van der Waals surface area contributed by atoms with E-state index in [4.69, 9.17) is 9.47 Å². The van der Waals surface area contributed by atoms with E-state index >= 15 is 0 Å². The molecule has 2 fully saturated rings. The van der Waals surface area contributed by atoms with Crippen molar-refractivity contribution in [3.05, 3.63) is 23.8 Å². The van der Waals surface area contributed by atoms with Gasteiger partial charge in [0.15, 0.2) is 0 Å². The fourth-order valence-corrected chi connectivity index (χ4v) is 4.24. The van der Waals surface area contributed by atoms with E-state index in [1.165, 1.54) is 25.7 Å². The van der Waals surface area contributed by atoms with Gasteiger partial charge in [-0.25, -0.2) is 0 Å². The largest absolute Gasteiger partial charge is 0.497 e. The van der Waals surface area contributed by atoms with E-state index < -0.39 is 0 Å². The summed E-state index contributed by atoms with van der Waals surface area (Å²) in [4.78, 5) is 12.5. The lowest BCUT2D eigenvalue weighted by molar-refractivity contribution is -0.122. The predicted molar refractivity (Wildman–Crippen MR) is 107 cm³/mol. The average molecular weight is 375 g/mol. The quantitative estimate of drug-likeness (QED) is 0.729. The molecule has 0 spiro atoms. The molecule has 2 aliphatic rings. The van der Waals surface area contributed by atoms with Crippen molar-refractivity contribution in [2.24, 2.45) is 11.8 Å². The smallest absolute Gasteiger partial charge is 0.220 e. The van der Waals surface area contributed by atoms with E-state index in [9.17, 15) is 4.79 Å². The van der Waals surface area contributed by atoms with Gasteiger partial charge in [0.2, 0.25) is 5.91 Å². The second-order valence-electron chi connectivity index (χ2n) is 8.04. The Labute approximate surface area is 163 Å². The van der Waals surface area contributed by atoms with E-state index in [0.29, 0.717) is 24.8 Å². The minimum atomic E-state index is 0.128. The van der Waals surface area contributed by atoms with Gasteiger partial charge in [-0.1, -0.05) is 6.92 Å². The Morgan fingerprint density at radius 2 is 1.96 bits per heavy atom. The van der Waals surface area contributed by atoms with Crippen LogP contribution in [-0.4, -0.2) is 32.2 Å². The third kappa shape index (κ3) is 5.86. The normalized spacial score (nSPS) is 19.6. The fourth-order valence-electron chi connectivity index (χ4n) is 4.24. The predicted octanol–water partition coefficient (Wildman–Crippen LogP) is 3.66. The number of rotatable bonds is 8. The van der Waals surface area contributed by atoms with Gasteiger partial charge in [0.05, 0.1) is 13.2 Å². The summed E-state index contributed by atoms with van der Waals surface area (Å²) in [6.07, 6.45) is 7.91. The highest BCUT2D eigenvalue weighted by atomic mass is 16.5. The first kappa shape index (κ1) is 20.0. The molecule has 0 aromatic heterocycles. The molecule has 150 valence electrons. The summed E-state index contributed by atoms with van der Waals surface area (Å²) < 4.78 is 11.6. The highest BCUT2D eigenvalue weighted by Gasteiger charge is 2.22. The van der Waals surface area contributed by atoms with Crippen LogP contribution in [0.3, 0.4) is 0 Å². The van der Waals surface area contributed by atoms with Crippen molar-refractivity contribution >= 4 is 5.91 Å². The van der Waals surface area contributed by atoms with Gasteiger partial charge < -0.3 is 20.1 Å². The SMILES string of the molecule is COc1ccc(CNC(=O)CC(C)C2CCNCC2)c(OC2CCCC2)c1. The van der Waals surface area contributed by atoms with Crippen LogP contribution in [0.5, 0.6) is 11.5 Å². The Hall–Kier alpha value is -1.75. The molecule has 1 saturated heterocycles. The van der Waals surface area contributed by atoms with E-state index in [-0.39, 0.29) is 12.0 Å². The number of nitrogens with one attached hydrogen (secondary N) is 2. The maximum atomic E-state index is 12.5. The van der Waals surface area contributed by atoms with Gasteiger partial charge in [0.25, 0.3) is 0 Å². The average Bonchev–Trinajstić information content (AvgIpc) is 3.20. The molecule has 1 aromatic carbocycles. The van der Waals surface area contributed by atoms with Crippen molar-refractivity contribution in [2.45, 2.75) is 64.5 Å². The molecule has 1 saturated carbocycles. The third-order valence-electron chi connectivity index (χ3n) is 6.04. The molecule has 5 heteroatoms. The number of hydrogen-bond acceptors (Lipinski definition) is 4. The van der Waals surface area contributed by atoms with Crippen molar-refractivity contribution in [3.63, 3.8) is 0 Å². The standard InChI is InChI=1S/C22H34N2O3/c1-16(17-9-11-23-12-10-17)13-22(25)24-15-18-7-8-20(26-2)14-21(18)27-19-5-3-4-6-19/h7-8,14,16-17,19,23H,3-6,9-13,15H2,1-2H3,(H,24,25). The first-order valence-corrected chi connectivity index (χ1v) is 10.5. The van der Waals surface area contributed by atoms with Crippen LogP contribution in [0, 0.1) is 11.8 Å². The lowest BCUT2D eigenvalue weighted by Crippen LogP contribution is -2.33. The Kier molecular flexibility index (Phi) is 7.39. The molecule has 1 aromatic rings. The van der Waals surface area contributed by atoms with Gasteiger partial charge in [-0.05, 0) is 75.6 Å². The zero-order valence-corrected chi connectivity index (χ0v) is 16.8. The summed E-state index contributed by atoms with van der Waals surface area (Å²) in [7, 11) is 1.66. The van der Waals surface area contributed by atoms with Crippen LogP contribution in [0.2, 0.25) is 0 Å². The van der Waals surface area contributed by atoms with E-state index in [0.717, 1.165) is 43.0 Å². The first-order valence-electron chi connectivity index (χ1n) is 10.5. The number of carbonyl (C=O) groups excluding carboxylic acids is 1. The number of amides is 1. The summed E-state index contributed by atoms with van der Waals surface area (Å²) >= 11 is 0. The van der Waals surface area contributed by atoms with Crippen LogP contribution in [-0.2, 0) is 11.3 Å². The summed E-state index contributed by atoms with van der Waals surface area (Å²) in [5.41, 5.74) is 1.02. The molecule has 27 heavy (non-hydrogen) atoms. The maximum Gasteiger partial charge on any atom is 0.220 e. The molecule has 1 heterocycles. The Morgan fingerprint density at radius 3 is 2.67 bits per heavy atom. The molecular weight excluding hydrogens is 340 g/mol. The fraction of sp³-hybridized carbons (Fsp3) is 0.682. The van der Waals surface area contributed by atoms with Crippen LogP contribution < -0.4 is 20.1 Å². The first-order chi connectivity index (χ1) is 13.2. The van der Waals surface area contributed by atoms with Gasteiger partial charge in [-0.2, -0.15) is 0 Å². The molecule has 1 unspecified atom stereocenters. The molecule has 1 aliphatic carbocycles. The van der Waals surface area contributed by atoms with Gasteiger partial charge >= 0.3 is 0 Å². The number of piperidine rings is 1. The Morgan fingerprint density at radius 1 is 1.22 bits per heavy atom. The summed E-state index contributed by atoms with van der Waals surface area (Å²) in [5, 5.41) is 6.49. The van der Waals surface area contributed by atoms with Crippen molar-refractivity contribution < 1.29 is 14.3 Å². The number of ether oxygens (including phenoxy) is 2. The maximum absolute atomic E-state index is 12.5. The summed E-state index contributed by atoms with van der Waals surface area (Å²) in [6.45, 7) is 4.86. The second kappa shape index (κ2) is 9.98. The Bertz CT molecular complexity index is 608. The van der Waals surface area contributed by atoms with E-state index in [2.05, 4.69) is 17.6 Å². The van der Waals surface area contributed by atoms with Gasteiger partial charge in [0, 0.05) is 24.6 Å². The summed E-state index contributed by atoms with van der Waals surface area (Å²) in [5.74, 6) is 2.84. The zero-order chi connectivity index (χ0) is 19.1. The molecule has 5 nitrogen and oxygen atoms in total. The minimum absolute atomic E-state index is 0.128. The highest BCUT2D eigenvalue weighted by Crippen LogP contribution is 2.30. The summed E-state index contributed by atoms with van der Waals surface area (Å²) in [6, 6.07) is 5.87. The molecular formula is C22H34N2O3. The molecule has 1 aliphatic heterocycles. The number of methoxy groups -OCH3 is 1. The monoisotopic (exact) mass is 374 g/mol. The van der Waals surface area contributed by atoms with Crippen molar-refractivity contribution in [1.29, 1.82) is 0 Å². The van der Waals surface area contributed by atoms with E-state index in [1.54, 1.807) is 7.11 Å². The second-order valence-corrected chi connectivity index (χ2v) is 8.04. The van der Waals surface area contributed by atoms with Crippen molar-refractivity contribution in [3.8, 4) is 11.5 Å².